The number of ether oxygens (including phenoxy) is 2. The van der Waals surface area contributed by atoms with E-state index in [-0.39, 0.29) is 6.03 Å². The van der Waals surface area contributed by atoms with Crippen LogP contribution in [0.25, 0.3) is 0 Å². The molecule has 0 fully saturated rings. The average Bonchev–Trinajstić information content (AvgIpc) is 2.47. The highest BCUT2D eigenvalue weighted by Gasteiger charge is 2.23. The molecule has 0 spiro atoms. The van der Waals surface area contributed by atoms with Gasteiger partial charge in [0.1, 0.15) is 12.1 Å². The Balaban J connectivity index is 4.22. The molecule has 0 aromatic heterocycles. The average molecular weight is 339 g/mol. The number of esters is 2. The molecule has 0 saturated heterocycles. The lowest BCUT2D eigenvalue weighted by Crippen LogP contribution is -2.47. The summed E-state index contributed by atoms with van der Waals surface area (Å²) >= 11 is 0. The van der Waals surface area contributed by atoms with E-state index in [2.05, 4.69) is 14.8 Å². The first-order valence-electron chi connectivity index (χ1n) is 5.97. The molecule has 3 N–H and O–H groups in total. The van der Waals surface area contributed by atoms with E-state index in [0.717, 1.165) is 0 Å². The lowest BCUT2D eigenvalue weighted by molar-refractivity contribution is -0.142. The number of carbonyl (C=O) groups is 3. The smallest absolute Gasteiger partial charge is 0.329 e. The van der Waals surface area contributed by atoms with E-state index in [1.54, 1.807) is 14.1 Å². The highest BCUT2D eigenvalue weighted by atomic mass is 33.1. The summed E-state index contributed by atoms with van der Waals surface area (Å²) in [5.41, 5.74) is 5.57. The molecule has 0 aliphatic rings. The Kier molecular flexibility index (Phi) is 10.0. The second-order valence-electron chi connectivity index (χ2n) is 4.12. The van der Waals surface area contributed by atoms with Crippen molar-refractivity contribution in [1.29, 1.82) is 0 Å². The third-order valence-corrected chi connectivity index (χ3v) is 4.71. The van der Waals surface area contributed by atoms with Crippen LogP contribution in [0.2, 0.25) is 0 Å². The molecule has 0 unspecified atom stereocenters. The van der Waals surface area contributed by atoms with Crippen molar-refractivity contribution >= 4 is 39.6 Å². The minimum absolute atomic E-state index is 0.296. The fourth-order valence-electron chi connectivity index (χ4n) is 1.05. The zero-order valence-electron chi connectivity index (χ0n) is 12.5. The van der Waals surface area contributed by atoms with Gasteiger partial charge in [0.25, 0.3) is 0 Å². The molecular weight excluding hydrogens is 318 g/mol. The van der Waals surface area contributed by atoms with Gasteiger partial charge in [-0.25, -0.2) is 9.59 Å². The third kappa shape index (κ3) is 8.02. The Bertz CT molecular complexity index is 368. The molecule has 122 valence electrons. The minimum Gasteiger partial charge on any atom is -0.468 e. The van der Waals surface area contributed by atoms with Crippen molar-refractivity contribution in [3.63, 3.8) is 0 Å². The SMILES string of the molecule is COC(=O)[C@H](CSSC[C@H](N)C(=O)OC)NC(=O)N(C)C. The standard InChI is InChI=1S/C11H21N3O5S2/c1-14(2)11(17)13-8(10(16)19-4)6-21-20-5-7(12)9(15)18-3/h7-8H,5-6,12H2,1-4H3,(H,13,17)/t7-,8-/m0/s1. The van der Waals surface area contributed by atoms with Gasteiger partial charge in [0.05, 0.1) is 14.2 Å². The van der Waals surface area contributed by atoms with Gasteiger partial charge in [-0.05, 0) is 0 Å². The number of urea groups is 1. The van der Waals surface area contributed by atoms with E-state index in [0.29, 0.717) is 11.5 Å². The molecule has 0 aromatic rings. The maximum absolute atomic E-state index is 11.6. The van der Waals surface area contributed by atoms with Crippen LogP contribution in [0.1, 0.15) is 0 Å². The number of hydrogen-bond donors (Lipinski definition) is 2. The summed E-state index contributed by atoms with van der Waals surface area (Å²) in [6.07, 6.45) is 0. The molecule has 8 nitrogen and oxygen atoms in total. The first kappa shape index (κ1) is 19.9. The molecule has 10 heteroatoms. The van der Waals surface area contributed by atoms with Crippen molar-refractivity contribution in [1.82, 2.24) is 10.2 Å². The van der Waals surface area contributed by atoms with Crippen LogP contribution in [0, 0.1) is 0 Å². The summed E-state index contributed by atoms with van der Waals surface area (Å²) in [6.45, 7) is 0. The van der Waals surface area contributed by atoms with Gasteiger partial charge in [0, 0.05) is 25.6 Å². The van der Waals surface area contributed by atoms with Crippen molar-refractivity contribution in [2.45, 2.75) is 12.1 Å². The monoisotopic (exact) mass is 339 g/mol. The van der Waals surface area contributed by atoms with Gasteiger partial charge < -0.3 is 25.4 Å². The Hall–Kier alpha value is -1.13. The van der Waals surface area contributed by atoms with Gasteiger partial charge in [-0.3, -0.25) is 4.79 Å². The maximum Gasteiger partial charge on any atom is 0.329 e. The molecule has 0 aliphatic heterocycles. The molecule has 0 bridgehead atoms. The van der Waals surface area contributed by atoms with Gasteiger partial charge in [-0.2, -0.15) is 0 Å². The second kappa shape index (κ2) is 10.6. The van der Waals surface area contributed by atoms with Gasteiger partial charge in [-0.1, -0.05) is 21.6 Å². The van der Waals surface area contributed by atoms with Crippen LogP contribution < -0.4 is 11.1 Å². The van der Waals surface area contributed by atoms with Crippen LogP contribution in [0.3, 0.4) is 0 Å². The number of nitrogens with one attached hydrogen (secondary N) is 1. The first-order chi connectivity index (χ1) is 9.83. The molecule has 2 amide bonds. The number of carbonyl (C=O) groups excluding carboxylic acids is 3. The Morgan fingerprint density at radius 1 is 1.10 bits per heavy atom. The highest BCUT2D eigenvalue weighted by Crippen LogP contribution is 2.23. The molecule has 0 rings (SSSR count). The van der Waals surface area contributed by atoms with Crippen molar-refractivity contribution in [3.05, 3.63) is 0 Å². The molecule has 0 aliphatic carbocycles. The summed E-state index contributed by atoms with van der Waals surface area (Å²) < 4.78 is 9.13. The molecule has 0 saturated carbocycles. The number of nitrogens with zero attached hydrogens (tertiary/aromatic N) is 1. The second-order valence-corrected chi connectivity index (χ2v) is 6.67. The lowest BCUT2D eigenvalue weighted by atomic mass is 10.3. The summed E-state index contributed by atoms with van der Waals surface area (Å²) in [5, 5.41) is 2.54. The normalized spacial score (nSPS) is 13.0. The van der Waals surface area contributed by atoms with Gasteiger partial charge in [-0.15, -0.1) is 0 Å². The molecule has 0 radical (unpaired) electrons. The van der Waals surface area contributed by atoms with Crippen molar-refractivity contribution in [2.75, 3.05) is 39.8 Å². The van der Waals surface area contributed by atoms with Crippen LogP contribution in [-0.2, 0) is 19.1 Å². The van der Waals surface area contributed by atoms with Crippen LogP contribution in [0.15, 0.2) is 0 Å². The largest absolute Gasteiger partial charge is 0.468 e. The van der Waals surface area contributed by atoms with Crippen molar-refractivity contribution in [3.8, 4) is 0 Å². The quantitative estimate of drug-likeness (QED) is 0.352. The number of hydrogen-bond acceptors (Lipinski definition) is 8. The fraction of sp³-hybridized carbons (Fsp3) is 0.727. The van der Waals surface area contributed by atoms with Gasteiger partial charge >= 0.3 is 18.0 Å². The topological polar surface area (TPSA) is 111 Å². The minimum atomic E-state index is -0.767. The predicted octanol–water partition coefficient (Wildman–Crippen LogP) is -0.319. The lowest BCUT2D eigenvalue weighted by Gasteiger charge is -2.19. The van der Waals surface area contributed by atoms with E-state index < -0.39 is 24.0 Å². The number of amides is 2. The van der Waals surface area contributed by atoms with Crippen LogP contribution in [-0.4, -0.2) is 74.8 Å². The van der Waals surface area contributed by atoms with Crippen molar-refractivity contribution < 1.29 is 23.9 Å². The van der Waals surface area contributed by atoms with Gasteiger partial charge in [0.15, 0.2) is 0 Å². The molecule has 0 aromatic carbocycles. The zero-order valence-corrected chi connectivity index (χ0v) is 14.1. The molecule has 21 heavy (non-hydrogen) atoms. The summed E-state index contributed by atoms with van der Waals surface area (Å²) in [7, 11) is 8.29. The summed E-state index contributed by atoms with van der Waals surface area (Å²) in [6, 6.07) is -1.88. The maximum atomic E-state index is 11.6. The third-order valence-electron chi connectivity index (χ3n) is 2.26. The van der Waals surface area contributed by atoms with Crippen LogP contribution in [0.5, 0.6) is 0 Å². The van der Waals surface area contributed by atoms with E-state index in [1.165, 1.54) is 40.7 Å². The van der Waals surface area contributed by atoms with E-state index >= 15 is 0 Å². The van der Waals surface area contributed by atoms with Crippen LogP contribution in [0.4, 0.5) is 4.79 Å². The number of nitrogens with two attached hydrogens (primary N) is 1. The Morgan fingerprint density at radius 3 is 2.10 bits per heavy atom. The highest BCUT2D eigenvalue weighted by molar-refractivity contribution is 8.76. The molecular formula is C11H21N3O5S2. The Morgan fingerprint density at radius 2 is 1.62 bits per heavy atom. The fourth-order valence-corrected chi connectivity index (χ4v) is 3.30. The summed E-state index contributed by atoms with van der Waals surface area (Å²) in [5.74, 6) is -0.387. The van der Waals surface area contributed by atoms with E-state index in [9.17, 15) is 14.4 Å². The molecule has 0 heterocycles. The van der Waals surface area contributed by atoms with Crippen LogP contribution >= 0.6 is 21.6 Å². The summed E-state index contributed by atoms with van der Waals surface area (Å²) in [4.78, 5) is 35.6. The Labute approximate surface area is 131 Å². The van der Waals surface area contributed by atoms with Gasteiger partial charge in [0.2, 0.25) is 0 Å². The van der Waals surface area contributed by atoms with E-state index in [1.807, 2.05) is 0 Å². The number of methoxy groups -OCH3 is 2. The van der Waals surface area contributed by atoms with Crippen molar-refractivity contribution in [2.24, 2.45) is 5.73 Å². The predicted molar refractivity (Wildman–Crippen MR) is 82.9 cm³/mol. The molecule has 2 atom stereocenters. The zero-order chi connectivity index (χ0) is 16.4. The first-order valence-corrected chi connectivity index (χ1v) is 8.45. The number of rotatable bonds is 8. The van der Waals surface area contributed by atoms with E-state index in [4.69, 9.17) is 5.73 Å².